The van der Waals surface area contributed by atoms with Crippen molar-refractivity contribution in [2.75, 3.05) is 11.1 Å². The Balaban J connectivity index is 2.09. The lowest BCUT2D eigenvalue weighted by Crippen LogP contribution is -2.05. The Kier molecular flexibility index (Phi) is 3.49. The van der Waals surface area contributed by atoms with Crippen LogP contribution >= 0.6 is 11.8 Å². The number of benzene rings is 1. The fourth-order valence-electron chi connectivity index (χ4n) is 1.62. The number of aryl methyl sites for hydroxylation is 1. The zero-order valence-electron chi connectivity index (χ0n) is 9.46. The SMILES string of the molecule is CCC1CSC(Nc2cc(C)cc(F)c2)=N1. The van der Waals surface area contributed by atoms with Crippen LogP contribution in [0, 0.1) is 12.7 Å². The second-order valence-electron chi connectivity index (χ2n) is 3.95. The summed E-state index contributed by atoms with van der Waals surface area (Å²) in [6.45, 7) is 4.01. The fraction of sp³-hybridized carbons (Fsp3) is 0.417. The van der Waals surface area contributed by atoms with E-state index in [1.54, 1.807) is 11.8 Å². The van der Waals surface area contributed by atoms with Gasteiger partial charge in [-0.1, -0.05) is 18.7 Å². The molecule has 1 aliphatic heterocycles. The fourth-order valence-corrected chi connectivity index (χ4v) is 2.70. The van der Waals surface area contributed by atoms with Gasteiger partial charge in [-0.2, -0.15) is 0 Å². The minimum absolute atomic E-state index is 0.210. The molecular formula is C12H15FN2S. The first kappa shape index (κ1) is 11.5. The summed E-state index contributed by atoms with van der Waals surface area (Å²) in [6, 6.07) is 5.34. The second-order valence-corrected chi connectivity index (χ2v) is 4.96. The molecule has 1 aromatic rings. The summed E-state index contributed by atoms with van der Waals surface area (Å²) in [5, 5.41) is 4.06. The first-order chi connectivity index (χ1) is 7.67. The van der Waals surface area contributed by atoms with Crippen LogP contribution in [0.5, 0.6) is 0 Å². The van der Waals surface area contributed by atoms with Crippen LogP contribution in [0.1, 0.15) is 18.9 Å². The third-order valence-corrected chi connectivity index (χ3v) is 3.51. The van der Waals surface area contributed by atoms with E-state index in [-0.39, 0.29) is 5.82 Å². The van der Waals surface area contributed by atoms with E-state index < -0.39 is 0 Å². The number of nitrogens with zero attached hydrogens (tertiary/aromatic N) is 1. The topological polar surface area (TPSA) is 24.4 Å². The van der Waals surface area contributed by atoms with Crippen LogP contribution < -0.4 is 5.32 Å². The van der Waals surface area contributed by atoms with E-state index in [2.05, 4.69) is 17.2 Å². The van der Waals surface area contributed by atoms with Gasteiger partial charge in [-0.25, -0.2) is 4.39 Å². The van der Waals surface area contributed by atoms with Gasteiger partial charge in [0, 0.05) is 11.4 Å². The molecular weight excluding hydrogens is 223 g/mol. The Bertz CT molecular complexity index is 397. The van der Waals surface area contributed by atoms with Gasteiger partial charge < -0.3 is 5.32 Å². The van der Waals surface area contributed by atoms with E-state index in [1.807, 2.05) is 13.0 Å². The molecule has 0 saturated heterocycles. The third-order valence-electron chi connectivity index (χ3n) is 2.48. The molecule has 1 aromatic carbocycles. The molecule has 0 fully saturated rings. The van der Waals surface area contributed by atoms with Crippen molar-refractivity contribution in [3.63, 3.8) is 0 Å². The lowest BCUT2D eigenvalue weighted by molar-refractivity contribution is 0.627. The summed E-state index contributed by atoms with van der Waals surface area (Å²) in [6.07, 6.45) is 1.06. The van der Waals surface area contributed by atoms with Gasteiger partial charge in [0.1, 0.15) is 5.82 Å². The summed E-state index contributed by atoms with van der Waals surface area (Å²) in [5.41, 5.74) is 1.69. The molecule has 1 atom stereocenters. The third kappa shape index (κ3) is 2.76. The molecule has 0 aromatic heterocycles. The molecule has 4 heteroatoms. The average molecular weight is 238 g/mol. The molecule has 0 amide bonds. The molecule has 86 valence electrons. The number of nitrogens with one attached hydrogen (secondary N) is 1. The van der Waals surface area contributed by atoms with Gasteiger partial charge in [0.2, 0.25) is 0 Å². The van der Waals surface area contributed by atoms with Crippen molar-refractivity contribution in [1.82, 2.24) is 0 Å². The average Bonchev–Trinajstić information content (AvgIpc) is 2.64. The zero-order valence-corrected chi connectivity index (χ0v) is 10.3. The van der Waals surface area contributed by atoms with Crippen molar-refractivity contribution in [2.45, 2.75) is 26.3 Å². The minimum atomic E-state index is -0.210. The number of hydrogen-bond donors (Lipinski definition) is 1. The summed E-state index contributed by atoms with van der Waals surface area (Å²) in [7, 11) is 0. The predicted molar refractivity (Wildman–Crippen MR) is 68.7 cm³/mol. The van der Waals surface area contributed by atoms with E-state index in [9.17, 15) is 4.39 Å². The Labute approximate surface area is 99.3 Å². The molecule has 1 N–H and O–H groups in total. The zero-order chi connectivity index (χ0) is 11.5. The highest BCUT2D eigenvalue weighted by Gasteiger charge is 2.16. The van der Waals surface area contributed by atoms with Gasteiger partial charge in [-0.05, 0) is 37.1 Å². The summed E-state index contributed by atoms with van der Waals surface area (Å²) >= 11 is 1.70. The highest BCUT2D eigenvalue weighted by molar-refractivity contribution is 8.14. The minimum Gasteiger partial charge on any atom is -0.335 e. The molecule has 0 radical (unpaired) electrons. The van der Waals surface area contributed by atoms with Crippen LogP contribution in [-0.2, 0) is 0 Å². The Morgan fingerprint density at radius 2 is 2.31 bits per heavy atom. The van der Waals surface area contributed by atoms with Crippen molar-refractivity contribution in [3.05, 3.63) is 29.6 Å². The highest BCUT2D eigenvalue weighted by atomic mass is 32.2. The lowest BCUT2D eigenvalue weighted by atomic mass is 10.2. The van der Waals surface area contributed by atoms with Crippen molar-refractivity contribution < 1.29 is 4.39 Å². The van der Waals surface area contributed by atoms with Gasteiger partial charge in [0.05, 0.1) is 6.04 Å². The smallest absolute Gasteiger partial charge is 0.161 e. The molecule has 16 heavy (non-hydrogen) atoms. The molecule has 0 spiro atoms. The van der Waals surface area contributed by atoms with E-state index >= 15 is 0 Å². The molecule has 1 heterocycles. The number of hydrogen-bond acceptors (Lipinski definition) is 3. The maximum absolute atomic E-state index is 13.2. The monoisotopic (exact) mass is 238 g/mol. The van der Waals surface area contributed by atoms with Crippen LogP contribution in [0.25, 0.3) is 0 Å². The number of anilines is 1. The van der Waals surface area contributed by atoms with E-state index in [4.69, 9.17) is 0 Å². The van der Waals surface area contributed by atoms with Crippen LogP contribution in [0.2, 0.25) is 0 Å². The maximum atomic E-state index is 13.2. The Morgan fingerprint density at radius 3 is 2.94 bits per heavy atom. The molecule has 1 unspecified atom stereocenters. The predicted octanol–water partition coefficient (Wildman–Crippen LogP) is 3.43. The van der Waals surface area contributed by atoms with Gasteiger partial charge in [-0.3, -0.25) is 4.99 Å². The quantitative estimate of drug-likeness (QED) is 0.853. The molecule has 2 rings (SSSR count). The molecule has 0 saturated carbocycles. The molecule has 2 nitrogen and oxygen atoms in total. The van der Waals surface area contributed by atoms with Crippen molar-refractivity contribution in [2.24, 2.45) is 4.99 Å². The number of thioether (sulfide) groups is 1. The first-order valence-electron chi connectivity index (χ1n) is 5.42. The maximum Gasteiger partial charge on any atom is 0.161 e. The standard InChI is InChI=1S/C12H15FN2S/c1-3-10-7-16-12(14-10)15-11-5-8(2)4-9(13)6-11/h4-6,10H,3,7H2,1-2H3,(H,14,15). The molecule has 0 bridgehead atoms. The van der Waals surface area contributed by atoms with Crippen LogP contribution in [0.3, 0.4) is 0 Å². The van der Waals surface area contributed by atoms with Crippen LogP contribution in [0.15, 0.2) is 23.2 Å². The number of rotatable bonds is 2. The second kappa shape index (κ2) is 4.87. The van der Waals surface area contributed by atoms with Crippen LogP contribution in [-0.4, -0.2) is 17.0 Å². The van der Waals surface area contributed by atoms with E-state index in [1.165, 1.54) is 12.1 Å². The normalized spacial score (nSPS) is 19.7. The Morgan fingerprint density at radius 1 is 1.50 bits per heavy atom. The van der Waals surface area contributed by atoms with Gasteiger partial charge >= 0.3 is 0 Å². The lowest BCUT2D eigenvalue weighted by Gasteiger charge is -2.06. The van der Waals surface area contributed by atoms with Crippen LogP contribution in [0.4, 0.5) is 10.1 Å². The highest BCUT2D eigenvalue weighted by Crippen LogP contribution is 2.22. The number of aliphatic imine (C=N–C) groups is 1. The molecule has 1 aliphatic rings. The van der Waals surface area contributed by atoms with Crippen molar-refractivity contribution >= 4 is 22.6 Å². The van der Waals surface area contributed by atoms with Crippen molar-refractivity contribution in [1.29, 1.82) is 0 Å². The summed E-state index contributed by atoms with van der Waals surface area (Å²) in [5.74, 6) is 0.811. The van der Waals surface area contributed by atoms with E-state index in [0.717, 1.165) is 28.6 Å². The van der Waals surface area contributed by atoms with Gasteiger partial charge in [0.15, 0.2) is 5.17 Å². The molecule has 0 aliphatic carbocycles. The first-order valence-corrected chi connectivity index (χ1v) is 6.40. The summed E-state index contributed by atoms with van der Waals surface area (Å²) in [4.78, 5) is 4.51. The van der Waals surface area contributed by atoms with Crippen molar-refractivity contribution in [3.8, 4) is 0 Å². The van der Waals surface area contributed by atoms with Gasteiger partial charge in [-0.15, -0.1) is 0 Å². The summed E-state index contributed by atoms with van der Waals surface area (Å²) < 4.78 is 13.2. The number of amidine groups is 1. The largest absolute Gasteiger partial charge is 0.335 e. The number of halogens is 1. The Hall–Kier alpha value is -1.03. The van der Waals surface area contributed by atoms with Gasteiger partial charge in [0.25, 0.3) is 0 Å². The van der Waals surface area contributed by atoms with E-state index in [0.29, 0.717) is 6.04 Å².